The Morgan fingerprint density at radius 1 is 1.25 bits per heavy atom. The van der Waals surface area contributed by atoms with Gasteiger partial charge in [-0.05, 0) is 30.0 Å². The van der Waals surface area contributed by atoms with Crippen LogP contribution in [0.15, 0.2) is 29.3 Å². The molecule has 0 spiro atoms. The molecular weight excluding hydrogens is 202 g/mol. The Morgan fingerprint density at radius 3 is 2.50 bits per heavy atom. The molecule has 0 aliphatic rings. The van der Waals surface area contributed by atoms with Gasteiger partial charge in [0, 0.05) is 7.05 Å². The molecule has 0 aliphatic heterocycles. The van der Waals surface area contributed by atoms with Crippen molar-refractivity contribution in [1.29, 1.82) is 0 Å². The van der Waals surface area contributed by atoms with Gasteiger partial charge in [-0.3, -0.25) is 0 Å². The van der Waals surface area contributed by atoms with Crippen molar-refractivity contribution in [3.05, 3.63) is 29.8 Å². The summed E-state index contributed by atoms with van der Waals surface area (Å²) in [4.78, 5) is 3.60. The van der Waals surface area contributed by atoms with E-state index in [-0.39, 0.29) is 5.90 Å². The Kier molecular flexibility index (Phi) is 5.40. The summed E-state index contributed by atoms with van der Waals surface area (Å²) in [6.07, 6.45) is 3.45. The number of hydrogen-bond donors (Lipinski definition) is 0. The molecule has 0 heterocycles. The Hall–Kier alpha value is -1.51. The fraction of sp³-hybridized carbons (Fsp3) is 0.462. The van der Waals surface area contributed by atoms with Crippen LogP contribution < -0.4 is 9.84 Å². The Balaban J connectivity index is 2.45. The van der Waals surface area contributed by atoms with Gasteiger partial charge in [0.05, 0.1) is 6.61 Å². The molecule has 0 aromatic heterocycles. The molecule has 3 nitrogen and oxygen atoms in total. The molecular formula is C13H18NO2-. The third-order valence-electron chi connectivity index (χ3n) is 2.32. The molecule has 0 fully saturated rings. The Morgan fingerprint density at radius 2 is 1.94 bits per heavy atom. The first-order chi connectivity index (χ1) is 7.77. The number of aliphatic imine (C=N–C) groups is 1. The molecule has 0 radical (unpaired) electrons. The number of benzene rings is 1. The van der Waals surface area contributed by atoms with Gasteiger partial charge in [-0.2, -0.15) is 0 Å². The van der Waals surface area contributed by atoms with E-state index in [0.29, 0.717) is 5.56 Å². The number of rotatable bonds is 6. The molecule has 0 N–H and O–H groups in total. The molecule has 1 rings (SSSR count). The summed E-state index contributed by atoms with van der Waals surface area (Å²) in [5.41, 5.74) is 0.600. The van der Waals surface area contributed by atoms with E-state index in [1.165, 1.54) is 19.9 Å². The molecule has 1 aromatic rings. The number of ether oxygens (including phenoxy) is 1. The van der Waals surface area contributed by atoms with Crippen LogP contribution in [0.1, 0.15) is 31.7 Å². The number of nitrogens with zero attached hydrogens (tertiary/aromatic N) is 1. The van der Waals surface area contributed by atoms with Crippen LogP contribution in [0.4, 0.5) is 0 Å². The van der Waals surface area contributed by atoms with Gasteiger partial charge in [0.15, 0.2) is 0 Å². The number of hydrogen-bond acceptors (Lipinski definition) is 3. The van der Waals surface area contributed by atoms with E-state index in [9.17, 15) is 5.11 Å². The van der Waals surface area contributed by atoms with Crippen molar-refractivity contribution in [3.63, 3.8) is 0 Å². The van der Waals surface area contributed by atoms with Crippen molar-refractivity contribution in [2.75, 3.05) is 13.7 Å². The van der Waals surface area contributed by atoms with Crippen LogP contribution >= 0.6 is 0 Å². The van der Waals surface area contributed by atoms with E-state index in [2.05, 4.69) is 11.9 Å². The second-order valence-corrected chi connectivity index (χ2v) is 3.61. The minimum atomic E-state index is -0.197. The minimum Gasteiger partial charge on any atom is -0.859 e. The molecule has 3 heteroatoms. The zero-order valence-electron chi connectivity index (χ0n) is 9.90. The first kappa shape index (κ1) is 12.6. The monoisotopic (exact) mass is 220 g/mol. The normalized spacial score (nSPS) is 11.5. The molecule has 0 unspecified atom stereocenters. The highest BCUT2D eigenvalue weighted by Crippen LogP contribution is 2.12. The van der Waals surface area contributed by atoms with Gasteiger partial charge in [-0.1, -0.05) is 31.9 Å². The maximum Gasteiger partial charge on any atom is 0.119 e. The highest BCUT2D eigenvalue weighted by molar-refractivity contribution is 5.90. The van der Waals surface area contributed by atoms with E-state index in [1.807, 2.05) is 12.1 Å². The van der Waals surface area contributed by atoms with Crippen LogP contribution in [-0.4, -0.2) is 19.6 Å². The van der Waals surface area contributed by atoms with Crippen molar-refractivity contribution >= 4 is 5.90 Å². The highest BCUT2D eigenvalue weighted by atomic mass is 16.5. The topological polar surface area (TPSA) is 44.6 Å². The lowest BCUT2D eigenvalue weighted by Gasteiger charge is -2.10. The summed E-state index contributed by atoms with van der Waals surface area (Å²) in [5.74, 6) is 0.612. The first-order valence-electron chi connectivity index (χ1n) is 5.65. The van der Waals surface area contributed by atoms with E-state index >= 15 is 0 Å². The Labute approximate surface area is 96.8 Å². The van der Waals surface area contributed by atoms with E-state index in [0.717, 1.165) is 18.8 Å². The van der Waals surface area contributed by atoms with Crippen molar-refractivity contribution in [3.8, 4) is 5.75 Å². The van der Waals surface area contributed by atoms with Crippen LogP contribution in [0.3, 0.4) is 0 Å². The van der Waals surface area contributed by atoms with Crippen molar-refractivity contribution in [2.45, 2.75) is 26.2 Å². The second-order valence-electron chi connectivity index (χ2n) is 3.61. The average molecular weight is 220 g/mol. The largest absolute Gasteiger partial charge is 0.859 e. The fourth-order valence-corrected chi connectivity index (χ4v) is 1.36. The Bertz CT molecular complexity index is 330. The predicted molar refractivity (Wildman–Crippen MR) is 63.9 cm³/mol. The molecule has 1 aromatic carbocycles. The predicted octanol–water partition coefficient (Wildman–Crippen LogP) is 1.99. The molecule has 0 bridgehead atoms. The SMILES string of the molecule is CCCCCOc1ccc(C([O-])=NC)cc1. The first-order valence-corrected chi connectivity index (χ1v) is 5.65. The van der Waals surface area contributed by atoms with Crippen molar-refractivity contribution < 1.29 is 9.84 Å². The number of unbranched alkanes of at least 4 members (excludes halogenated alkanes) is 2. The molecule has 0 atom stereocenters. The lowest BCUT2D eigenvalue weighted by atomic mass is 10.2. The molecule has 88 valence electrons. The fourth-order valence-electron chi connectivity index (χ4n) is 1.36. The lowest BCUT2D eigenvalue weighted by Crippen LogP contribution is -2.18. The molecule has 0 saturated heterocycles. The summed E-state index contributed by atoms with van der Waals surface area (Å²) in [6.45, 7) is 2.90. The third kappa shape index (κ3) is 3.93. The van der Waals surface area contributed by atoms with Gasteiger partial charge >= 0.3 is 0 Å². The van der Waals surface area contributed by atoms with Gasteiger partial charge in [-0.25, -0.2) is 0 Å². The van der Waals surface area contributed by atoms with E-state index < -0.39 is 0 Å². The quantitative estimate of drug-likeness (QED) is 0.418. The van der Waals surface area contributed by atoms with Gasteiger partial charge in [-0.15, -0.1) is 0 Å². The molecule has 0 saturated carbocycles. The van der Waals surface area contributed by atoms with E-state index in [4.69, 9.17) is 4.74 Å². The maximum atomic E-state index is 11.2. The average Bonchev–Trinajstić information content (AvgIpc) is 2.34. The standard InChI is InChI=1S/C13H19NO2/c1-3-4-5-10-16-12-8-6-11(7-9-12)13(15)14-2/h6-9H,3-5,10H2,1-2H3,(H,14,15)/p-1. The summed E-state index contributed by atoms with van der Waals surface area (Å²) in [5, 5.41) is 11.2. The zero-order valence-corrected chi connectivity index (χ0v) is 9.90. The molecule has 0 aliphatic carbocycles. The van der Waals surface area contributed by atoms with Gasteiger partial charge < -0.3 is 14.8 Å². The van der Waals surface area contributed by atoms with Crippen LogP contribution in [0.5, 0.6) is 5.75 Å². The van der Waals surface area contributed by atoms with Crippen LogP contribution in [0.2, 0.25) is 0 Å². The minimum absolute atomic E-state index is 0.197. The second kappa shape index (κ2) is 6.88. The highest BCUT2D eigenvalue weighted by Gasteiger charge is 1.95. The zero-order chi connectivity index (χ0) is 11.8. The van der Waals surface area contributed by atoms with Crippen LogP contribution in [-0.2, 0) is 0 Å². The van der Waals surface area contributed by atoms with Gasteiger partial charge in [0.25, 0.3) is 0 Å². The third-order valence-corrected chi connectivity index (χ3v) is 2.32. The summed E-state index contributed by atoms with van der Waals surface area (Å²) in [6, 6.07) is 7.10. The summed E-state index contributed by atoms with van der Waals surface area (Å²) < 4.78 is 5.53. The lowest BCUT2D eigenvalue weighted by molar-refractivity contribution is -0.213. The summed E-state index contributed by atoms with van der Waals surface area (Å²) in [7, 11) is 1.50. The van der Waals surface area contributed by atoms with Gasteiger partial charge in [0.1, 0.15) is 5.75 Å². The van der Waals surface area contributed by atoms with Crippen molar-refractivity contribution in [2.24, 2.45) is 4.99 Å². The molecule has 16 heavy (non-hydrogen) atoms. The summed E-state index contributed by atoms with van der Waals surface area (Å²) >= 11 is 0. The van der Waals surface area contributed by atoms with Crippen LogP contribution in [0, 0.1) is 0 Å². The van der Waals surface area contributed by atoms with Gasteiger partial charge in [0.2, 0.25) is 0 Å². The van der Waals surface area contributed by atoms with Crippen molar-refractivity contribution in [1.82, 2.24) is 0 Å². The van der Waals surface area contributed by atoms with Crippen LogP contribution in [0.25, 0.3) is 0 Å². The van der Waals surface area contributed by atoms with E-state index in [1.54, 1.807) is 12.1 Å². The molecule has 0 amide bonds. The smallest absolute Gasteiger partial charge is 0.119 e. The maximum absolute atomic E-state index is 11.2.